The van der Waals surface area contributed by atoms with Crippen LogP contribution in [0, 0.1) is 0 Å². The van der Waals surface area contributed by atoms with Gasteiger partial charge in [-0.25, -0.2) is 4.79 Å². The van der Waals surface area contributed by atoms with Crippen molar-refractivity contribution < 1.29 is 19.4 Å². The number of carbonyl (C=O) groups is 2. The summed E-state index contributed by atoms with van der Waals surface area (Å²) in [5, 5.41) is 12.9. The number of anilines is 1. The number of rotatable bonds is 5. The van der Waals surface area contributed by atoms with Crippen LogP contribution in [0.3, 0.4) is 0 Å². The standard InChI is InChI=1S/C18H27BrN4O4/c1-18(2,3)23(17(25)26)11-7-5-10(6-8-11)21-15-13(19)9-12(14(20)24)16(22-15)27-4/h9-11H,5-8H2,1-4H3,(H2,20,24)(H,21,22)(H,25,26)/t10-,11-. The van der Waals surface area contributed by atoms with Crippen molar-refractivity contribution in [2.45, 2.75) is 64.1 Å². The van der Waals surface area contributed by atoms with Crippen LogP contribution in [0.4, 0.5) is 10.6 Å². The molecular formula is C18H27BrN4O4. The highest BCUT2D eigenvalue weighted by atomic mass is 79.9. The molecule has 1 aromatic rings. The molecule has 1 heterocycles. The quantitative estimate of drug-likeness (QED) is 0.642. The zero-order chi connectivity index (χ0) is 20.4. The van der Waals surface area contributed by atoms with Crippen molar-refractivity contribution in [2.24, 2.45) is 5.73 Å². The summed E-state index contributed by atoms with van der Waals surface area (Å²) in [6.45, 7) is 5.75. The van der Waals surface area contributed by atoms with Crippen molar-refractivity contribution in [3.05, 3.63) is 16.1 Å². The summed E-state index contributed by atoms with van der Waals surface area (Å²) in [5.41, 5.74) is 5.12. The number of primary amides is 1. The smallest absolute Gasteiger partial charge is 0.407 e. The van der Waals surface area contributed by atoms with Crippen LogP contribution in [-0.4, -0.2) is 51.7 Å². The van der Waals surface area contributed by atoms with E-state index in [4.69, 9.17) is 10.5 Å². The van der Waals surface area contributed by atoms with Gasteiger partial charge in [0.15, 0.2) is 0 Å². The third-order valence-corrected chi connectivity index (χ3v) is 5.34. The summed E-state index contributed by atoms with van der Waals surface area (Å²) in [5.74, 6) is 0.140. The molecule has 1 fully saturated rings. The average Bonchev–Trinajstić information content (AvgIpc) is 2.56. The van der Waals surface area contributed by atoms with Crippen molar-refractivity contribution in [3.8, 4) is 5.88 Å². The third-order valence-electron chi connectivity index (χ3n) is 4.73. The number of aromatic nitrogens is 1. The minimum atomic E-state index is -0.880. The van der Waals surface area contributed by atoms with Gasteiger partial charge in [-0.2, -0.15) is 4.98 Å². The van der Waals surface area contributed by atoms with Gasteiger partial charge in [-0.05, 0) is 68.5 Å². The highest BCUT2D eigenvalue weighted by molar-refractivity contribution is 9.10. The molecule has 1 aromatic heterocycles. The van der Waals surface area contributed by atoms with Crippen molar-refractivity contribution in [1.29, 1.82) is 0 Å². The lowest BCUT2D eigenvalue weighted by atomic mass is 9.88. The number of methoxy groups -OCH3 is 1. The van der Waals surface area contributed by atoms with Crippen LogP contribution in [0.15, 0.2) is 10.5 Å². The van der Waals surface area contributed by atoms with E-state index in [1.54, 1.807) is 11.0 Å². The lowest BCUT2D eigenvalue weighted by molar-refractivity contribution is 0.0556. The van der Waals surface area contributed by atoms with E-state index >= 15 is 0 Å². The number of ether oxygens (including phenoxy) is 1. The number of hydrogen-bond donors (Lipinski definition) is 3. The zero-order valence-corrected chi connectivity index (χ0v) is 17.7. The first-order chi connectivity index (χ1) is 12.5. The van der Waals surface area contributed by atoms with Gasteiger partial charge >= 0.3 is 6.09 Å². The average molecular weight is 443 g/mol. The topological polar surface area (TPSA) is 118 Å². The Labute approximate surface area is 167 Å². The summed E-state index contributed by atoms with van der Waals surface area (Å²) >= 11 is 3.41. The van der Waals surface area contributed by atoms with E-state index in [-0.39, 0.29) is 23.5 Å². The van der Waals surface area contributed by atoms with Crippen LogP contribution >= 0.6 is 15.9 Å². The van der Waals surface area contributed by atoms with Crippen molar-refractivity contribution >= 4 is 33.7 Å². The molecule has 1 aliphatic rings. The first-order valence-corrected chi connectivity index (χ1v) is 9.67. The Kier molecular flexibility index (Phi) is 6.56. The molecule has 0 spiro atoms. The van der Waals surface area contributed by atoms with Crippen LogP contribution in [0.1, 0.15) is 56.8 Å². The van der Waals surface area contributed by atoms with E-state index < -0.39 is 17.5 Å². The SMILES string of the molecule is COc1nc(N[C@H]2CC[C@H](N(C(=O)O)C(C)(C)C)CC2)c(Br)cc1C(N)=O. The van der Waals surface area contributed by atoms with Gasteiger partial charge in [-0.1, -0.05) is 0 Å². The number of amides is 2. The number of nitrogens with one attached hydrogen (secondary N) is 1. The molecule has 0 atom stereocenters. The molecule has 2 rings (SSSR count). The number of halogens is 1. The highest BCUT2D eigenvalue weighted by Gasteiger charge is 2.35. The second-order valence-corrected chi connectivity index (χ2v) is 8.57. The maximum atomic E-state index is 11.7. The Morgan fingerprint density at radius 2 is 1.93 bits per heavy atom. The van der Waals surface area contributed by atoms with Crippen molar-refractivity contribution in [3.63, 3.8) is 0 Å². The molecule has 0 unspecified atom stereocenters. The van der Waals surface area contributed by atoms with E-state index in [1.165, 1.54) is 7.11 Å². The Bertz CT molecular complexity index is 712. The molecule has 1 saturated carbocycles. The Hall–Kier alpha value is -2.03. The van der Waals surface area contributed by atoms with Gasteiger partial charge in [0.1, 0.15) is 11.4 Å². The van der Waals surface area contributed by atoms with Crippen LogP contribution in [0.5, 0.6) is 5.88 Å². The second-order valence-electron chi connectivity index (χ2n) is 7.71. The van der Waals surface area contributed by atoms with Crippen LogP contribution < -0.4 is 15.8 Å². The van der Waals surface area contributed by atoms with Crippen LogP contribution in [0.2, 0.25) is 0 Å². The fourth-order valence-electron chi connectivity index (χ4n) is 3.57. The molecule has 27 heavy (non-hydrogen) atoms. The number of nitrogens with two attached hydrogens (primary N) is 1. The van der Waals surface area contributed by atoms with E-state index in [0.29, 0.717) is 10.3 Å². The largest absolute Gasteiger partial charge is 0.480 e. The Balaban J connectivity index is 2.08. The van der Waals surface area contributed by atoms with E-state index in [0.717, 1.165) is 25.7 Å². The minimum absolute atomic E-state index is 0.00345. The van der Waals surface area contributed by atoms with Gasteiger partial charge in [0.2, 0.25) is 5.88 Å². The molecule has 4 N–H and O–H groups in total. The number of hydrogen-bond acceptors (Lipinski definition) is 5. The molecule has 0 aliphatic heterocycles. The van der Waals surface area contributed by atoms with Crippen LogP contribution in [0.25, 0.3) is 0 Å². The van der Waals surface area contributed by atoms with Gasteiger partial charge < -0.3 is 25.8 Å². The number of nitrogens with zero attached hydrogens (tertiary/aromatic N) is 2. The maximum Gasteiger partial charge on any atom is 0.407 e. The number of pyridine rings is 1. The van der Waals surface area contributed by atoms with Gasteiger partial charge in [-0.15, -0.1) is 0 Å². The number of carboxylic acid groups (broad SMARTS) is 1. The predicted octanol–water partition coefficient (Wildman–Crippen LogP) is 3.45. The Morgan fingerprint density at radius 3 is 2.37 bits per heavy atom. The summed E-state index contributed by atoms with van der Waals surface area (Å²) in [7, 11) is 1.44. The Morgan fingerprint density at radius 1 is 1.33 bits per heavy atom. The summed E-state index contributed by atoms with van der Waals surface area (Å²) < 4.78 is 5.79. The molecule has 0 radical (unpaired) electrons. The lowest BCUT2D eigenvalue weighted by Gasteiger charge is -2.42. The van der Waals surface area contributed by atoms with E-state index in [9.17, 15) is 14.7 Å². The molecule has 0 aromatic carbocycles. The first kappa shape index (κ1) is 21.3. The molecule has 8 nitrogen and oxygen atoms in total. The molecular weight excluding hydrogens is 416 g/mol. The molecule has 1 aliphatic carbocycles. The fraction of sp³-hybridized carbons (Fsp3) is 0.611. The molecule has 0 bridgehead atoms. The van der Waals surface area contributed by atoms with Crippen molar-refractivity contribution in [2.75, 3.05) is 12.4 Å². The summed E-state index contributed by atoms with van der Waals surface area (Å²) in [6, 6.07) is 1.75. The summed E-state index contributed by atoms with van der Waals surface area (Å²) in [4.78, 5) is 29.0. The van der Waals surface area contributed by atoms with Crippen LogP contribution in [-0.2, 0) is 0 Å². The first-order valence-electron chi connectivity index (χ1n) is 8.87. The zero-order valence-electron chi connectivity index (χ0n) is 16.1. The molecule has 2 amide bonds. The monoisotopic (exact) mass is 442 g/mol. The van der Waals surface area contributed by atoms with Gasteiger partial charge in [0, 0.05) is 17.6 Å². The summed E-state index contributed by atoms with van der Waals surface area (Å²) in [6.07, 6.45) is 2.30. The van der Waals surface area contributed by atoms with Gasteiger partial charge in [0.25, 0.3) is 5.91 Å². The minimum Gasteiger partial charge on any atom is -0.480 e. The third kappa shape index (κ3) is 5.03. The van der Waals surface area contributed by atoms with Gasteiger partial charge in [-0.3, -0.25) is 4.79 Å². The molecule has 150 valence electrons. The number of carbonyl (C=O) groups excluding carboxylic acids is 1. The van der Waals surface area contributed by atoms with E-state index in [1.807, 2.05) is 20.8 Å². The second kappa shape index (κ2) is 8.33. The fourth-order valence-corrected chi connectivity index (χ4v) is 4.00. The van der Waals surface area contributed by atoms with Gasteiger partial charge in [0.05, 0.1) is 11.6 Å². The van der Waals surface area contributed by atoms with E-state index in [2.05, 4.69) is 26.2 Å². The maximum absolute atomic E-state index is 11.7. The highest BCUT2D eigenvalue weighted by Crippen LogP contribution is 2.32. The normalized spacial score (nSPS) is 20.0. The predicted molar refractivity (Wildman–Crippen MR) is 106 cm³/mol. The molecule has 9 heteroatoms. The van der Waals surface area contributed by atoms with Crippen molar-refractivity contribution in [1.82, 2.24) is 9.88 Å². The lowest BCUT2D eigenvalue weighted by Crippen LogP contribution is -2.52. The molecule has 0 saturated heterocycles.